The molecular formula is C19H20N4OS. The number of hydrogen-bond acceptors (Lipinski definition) is 4. The van der Waals surface area contributed by atoms with Crippen LogP contribution in [0.4, 0.5) is 0 Å². The molecule has 0 atom stereocenters. The Morgan fingerprint density at radius 2 is 1.92 bits per heavy atom. The van der Waals surface area contributed by atoms with E-state index in [1.54, 1.807) is 0 Å². The minimum absolute atomic E-state index is 0.0927. The van der Waals surface area contributed by atoms with Crippen molar-refractivity contribution < 1.29 is 4.79 Å². The van der Waals surface area contributed by atoms with Crippen LogP contribution in [0.3, 0.4) is 0 Å². The van der Waals surface area contributed by atoms with Crippen LogP contribution < -0.4 is 0 Å². The van der Waals surface area contributed by atoms with Gasteiger partial charge in [-0.3, -0.25) is 4.79 Å². The number of fused-ring (bicyclic) bond motifs is 1. The zero-order chi connectivity index (χ0) is 17.4. The number of aryl methyl sites for hydroxylation is 2. The van der Waals surface area contributed by atoms with E-state index >= 15 is 0 Å². The first-order valence-corrected chi connectivity index (χ1v) is 9.28. The number of nitrogens with zero attached hydrogens (tertiary/aromatic N) is 4. The second kappa shape index (κ2) is 6.44. The van der Waals surface area contributed by atoms with E-state index in [-0.39, 0.29) is 5.91 Å². The van der Waals surface area contributed by atoms with Crippen molar-refractivity contribution in [3.8, 4) is 11.3 Å². The van der Waals surface area contributed by atoms with Gasteiger partial charge in [-0.15, -0.1) is 11.3 Å². The van der Waals surface area contributed by atoms with Crippen molar-refractivity contribution >= 4 is 17.2 Å². The molecule has 0 saturated carbocycles. The van der Waals surface area contributed by atoms with E-state index in [1.165, 1.54) is 11.3 Å². The van der Waals surface area contributed by atoms with Crippen LogP contribution in [-0.4, -0.2) is 38.4 Å². The molecule has 1 aliphatic heterocycles. The minimum atomic E-state index is 0.0927. The number of hydrogen-bond donors (Lipinski definition) is 0. The van der Waals surface area contributed by atoms with Gasteiger partial charge in [-0.1, -0.05) is 30.3 Å². The van der Waals surface area contributed by atoms with Gasteiger partial charge in [0.25, 0.3) is 5.91 Å². The minimum Gasteiger partial charge on any atom is -0.336 e. The molecule has 1 amide bonds. The summed E-state index contributed by atoms with van der Waals surface area (Å²) in [5.41, 5.74) is 3.11. The van der Waals surface area contributed by atoms with Crippen LogP contribution in [-0.2, 0) is 13.0 Å². The predicted octanol–water partition coefficient (Wildman–Crippen LogP) is 3.32. The van der Waals surface area contributed by atoms with Crippen molar-refractivity contribution in [2.45, 2.75) is 26.8 Å². The van der Waals surface area contributed by atoms with Gasteiger partial charge >= 0.3 is 0 Å². The Hall–Kier alpha value is -2.47. The number of rotatable bonds is 2. The van der Waals surface area contributed by atoms with Crippen LogP contribution in [0.1, 0.15) is 26.2 Å². The van der Waals surface area contributed by atoms with Gasteiger partial charge in [0.1, 0.15) is 10.7 Å². The first-order valence-electron chi connectivity index (χ1n) is 8.46. The molecule has 6 heteroatoms. The fraction of sp³-hybridized carbons (Fsp3) is 0.316. The van der Waals surface area contributed by atoms with Gasteiger partial charge in [0.05, 0.1) is 22.6 Å². The highest BCUT2D eigenvalue weighted by Gasteiger charge is 2.24. The van der Waals surface area contributed by atoms with Gasteiger partial charge < -0.3 is 9.47 Å². The van der Waals surface area contributed by atoms with Crippen molar-refractivity contribution in [2.24, 2.45) is 0 Å². The molecule has 1 aromatic carbocycles. The Morgan fingerprint density at radius 1 is 1.12 bits per heavy atom. The molecule has 0 N–H and O–H groups in total. The third kappa shape index (κ3) is 2.98. The maximum absolute atomic E-state index is 12.9. The quantitative estimate of drug-likeness (QED) is 0.711. The second-order valence-electron chi connectivity index (χ2n) is 6.27. The summed E-state index contributed by atoms with van der Waals surface area (Å²) in [6.07, 6.45) is 2.72. The highest BCUT2D eigenvalue weighted by molar-refractivity contribution is 7.13. The Bertz CT molecular complexity index is 913. The van der Waals surface area contributed by atoms with Crippen LogP contribution in [0.5, 0.6) is 0 Å². The molecule has 0 saturated heterocycles. The van der Waals surface area contributed by atoms with Gasteiger partial charge in [0.15, 0.2) is 0 Å². The van der Waals surface area contributed by atoms with Crippen LogP contribution >= 0.6 is 11.3 Å². The number of benzene rings is 1. The molecule has 128 valence electrons. The lowest BCUT2D eigenvalue weighted by molar-refractivity contribution is 0.0763. The summed E-state index contributed by atoms with van der Waals surface area (Å²) in [4.78, 5) is 24.6. The molecule has 0 aliphatic carbocycles. The van der Waals surface area contributed by atoms with Crippen molar-refractivity contribution in [3.05, 3.63) is 57.9 Å². The smallest absolute Gasteiger partial charge is 0.265 e. The predicted molar refractivity (Wildman–Crippen MR) is 98.9 cm³/mol. The van der Waals surface area contributed by atoms with Crippen LogP contribution in [0.15, 0.2) is 36.5 Å². The molecule has 3 heterocycles. The fourth-order valence-electron chi connectivity index (χ4n) is 3.35. The van der Waals surface area contributed by atoms with E-state index in [0.717, 1.165) is 45.6 Å². The van der Waals surface area contributed by atoms with Crippen molar-refractivity contribution in [1.29, 1.82) is 0 Å². The fourth-order valence-corrected chi connectivity index (χ4v) is 4.23. The molecule has 0 spiro atoms. The number of carbonyl (C=O) groups excluding carboxylic acids is 1. The zero-order valence-electron chi connectivity index (χ0n) is 14.4. The molecule has 0 fully saturated rings. The van der Waals surface area contributed by atoms with E-state index in [2.05, 4.69) is 26.7 Å². The Labute approximate surface area is 151 Å². The zero-order valence-corrected chi connectivity index (χ0v) is 15.2. The van der Waals surface area contributed by atoms with Crippen LogP contribution in [0.2, 0.25) is 0 Å². The highest BCUT2D eigenvalue weighted by atomic mass is 32.1. The van der Waals surface area contributed by atoms with E-state index < -0.39 is 0 Å². The maximum Gasteiger partial charge on any atom is 0.265 e. The molecule has 1 aliphatic rings. The Balaban J connectivity index is 1.58. The molecule has 0 bridgehead atoms. The Kier molecular flexibility index (Phi) is 4.13. The molecule has 2 aromatic heterocycles. The summed E-state index contributed by atoms with van der Waals surface area (Å²) in [5.74, 6) is 1.14. The van der Waals surface area contributed by atoms with Crippen LogP contribution in [0.25, 0.3) is 11.3 Å². The molecular weight excluding hydrogens is 332 g/mol. The van der Waals surface area contributed by atoms with Gasteiger partial charge in [-0.05, 0) is 19.4 Å². The number of amides is 1. The molecule has 0 radical (unpaired) electrons. The normalized spacial score (nSPS) is 14.2. The first kappa shape index (κ1) is 16.0. The number of carbonyl (C=O) groups is 1. The lowest BCUT2D eigenvalue weighted by atomic mass is 10.2. The summed E-state index contributed by atoms with van der Waals surface area (Å²) in [5, 5.41) is 0.940. The molecule has 3 aromatic rings. The monoisotopic (exact) mass is 352 g/mol. The van der Waals surface area contributed by atoms with Crippen molar-refractivity contribution in [1.82, 2.24) is 19.4 Å². The number of aromatic nitrogens is 3. The highest BCUT2D eigenvalue weighted by Crippen LogP contribution is 2.24. The van der Waals surface area contributed by atoms with E-state index in [0.29, 0.717) is 13.1 Å². The van der Waals surface area contributed by atoms with Crippen LogP contribution in [0, 0.1) is 13.8 Å². The molecule has 25 heavy (non-hydrogen) atoms. The standard InChI is InChI=1S/C19H20N4OS/c1-13-18(25-14(2)21-13)19(24)22-9-8-17-20-12-16(23(17)11-10-22)15-6-4-3-5-7-15/h3-7,12H,8-11H2,1-2H3. The topological polar surface area (TPSA) is 51.0 Å². The third-order valence-corrected chi connectivity index (χ3v) is 5.65. The van der Waals surface area contributed by atoms with Gasteiger partial charge in [-0.2, -0.15) is 0 Å². The van der Waals surface area contributed by atoms with Gasteiger partial charge in [0, 0.05) is 26.1 Å². The van der Waals surface area contributed by atoms with E-state index in [9.17, 15) is 4.79 Å². The van der Waals surface area contributed by atoms with Gasteiger partial charge in [-0.25, -0.2) is 9.97 Å². The van der Waals surface area contributed by atoms with Gasteiger partial charge in [0.2, 0.25) is 0 Å². The summed E-state index contributed by atoms with van der Waals surface area (Å²) in [6, 6.07) is 10.3. The van der Waals surface area contributed by atoms with E-state index in [1.807, 2.05) is 43.1 Å². The second-order valence-corrected chi connectivity index (χ2v) is 7.47. The molecule has 4 rings (SSSR count). The number of imidazole rings is 1. The third-order valence-electron chi connectivity index (χ3n) is 4.59. The maximum atomic E-state index is 12.9. The average molecular weight is 352 g/mol. The van der Waals surface area contributed by atoms with Crippen molar-refractivity contribution in [3.63, 3.8) is 0 Å². The first-order chi connectivity index (χ1) is 12.1. The molecule has 0 unspecified atom stereocenters. The lowest BCUT2D eigenvalue weighted by Crippen LogP contribution is -2.33. The lowest BCUT2D eigenvalue weighted by Gasteiger charge is -2.19. The summed E-state index contributed by atoms with van der Waals surface area (Å²) >= 11 is 1.48. The summed E-state index contributed by atoms with van der Waals surface area (Å²) in [6.45, 7) is 6.01. The van der Waals surface area contributed by atoms with Crippen molar-refractivity contribution in [2.75, 3.05) is 13.1 Å². The Morgan fingerprint density at radius 3 is 2.64 bits per heavy atom. The largest absolute Gasteiger partial charge is 0.336 e. The van der Waals surface area contributed by atoms with E-state index in [4.69, 9.17) is 0 Å². The number of thiazole rings is 1. The molecule has 5 nitrogen and oxygen atoms in total. The average Bonchev–Trinajstić information content (AvgIpc) is 3.11. The SMILES string of the molecule is Cc1nc(C)c(C(=O)N2CCc3ncc(-c4ccccc4)n3CC2)s1. The summed E-state index contributed by atoms with van der Waals surface area (Å²) < 4.78 is 2.24. The summed E-state index contributed by atoms with van der Waals surface area (Å²) in [7, 11) is 0.